The summed E-state index contributed by atoms with van der Waals surface area (Å²) >= 11 is 3.45. The molecule has 1 atom stereocenters. The smallest absolute Gasteiger partial charge is 0.0900 e. The predicted molar refractivity (Wildman–Crippen MR) is 79.4 cm³/mol. The van der Waals surface area contributed by atoms with Gasteiger partial charge in [0, 0.05) is 9.58 Å². The van der Waals surface area contributed by atoms with Crippen LogP contribution < -0.4 is 5.73 Å². The first-order valence-electron chi connectivity index (χ1n) is 5.82. The van der Waals surface area contributed by atoms with Gasteiger partial charge in [-0.2, -0.15) is 0 Å². The third kappa shape index (κ3) is 1.86. The summed E-state index contributed by atoms with van der Waals surface area (Å²) in [6.07, 6.45) is 0. The lowest BCUT2D eigenvalue weighted by atomic mass is 10.0. The normalized spacial score (nSPS) is 13.1. The van der Waals surface area contributed by atoms with Crippen molar-refractivity contribution in [2.45, 2.75) is 19.9 Å². The van der Waals surface area contributed by atoms with Gasteiger partial charge in [0.15, 0.2) is 0 Å². The zero-order valence-corrected chi connectivity index (χ0v) is 11.9. The topological polar surface area (TPSA) is 38.9 Å². The molecule has 0 aliphatic rings. The van der Waals surface area contributed by atoms with Gasteiger partial charge in [0.25, 0.3) is 0 Å². The summed E-state index contributed by atoms with van der Waals surface area (Å²) in [5.41, 5.74) is 8.69. The van der Waals surface area contributed by atoms with Crippen LogP contribution in [0, 0.1) is 13.8 Å². The fourth-order valence-electron chi connectivity index (χ4n) is 2.24. The highest BCUT2D eigenvalue weighted by atomic mass is 32.1. The van der Waals surface area contributed by atoms with E-state index in [9.17, 15) is 0 Å². The molecule has 0 saturated carbocycles. The Hall–Kier alpha value is -1.23. The highest BCUT2D eigenvalue weighted by Crippen LogP contribution is 2.34. The summed E-state index contributed by atoms with van der Waals surface area (Å²) in [6.45, 7) is 4.06. The quantitative estimate of drug-likeness (QED) is 0.766. The highest BCUT2D eigenvalue weighted by molar-refractivity contribution is 7.17. The van der Waals surface area contributed by atoms with Gasteiger partial charge >= 0.3 is 0 Å². The first-order valence-corrected chi connectivity index (χ1v) is 7.52. The van der Waals surface area contributed by atoms with Crippen LogP contribution in [-0.2, 0) is 0 Å². The van der Waals surface area contributed by atoms with Gasteiger partial charge in [0.2, 0.25) is 0 Å². The first kappa shape index (κ1) is 11.8. The molecule has 2 aromatic heterocycles. The van der Waals surface area contributed by atoms with E-state index in [-0.39, 0.29) is 6.04 Å². The van der Waals surface area contributed by atoms with E-state index >= 15 is 0 Å². The fraction of sp³-hybridized carbons (Fsp3) is 0.214. The Morgan fingerprint density at radius 3 is 2.78 bits per heavy atom. The number of thiazole rings is 1. The van der Waals surface area contributed by atoms with Crippen molar-refractivity contribution in [1.82, 2.24) is 4.98 Å². The number of hydrogen-bond acceptors (Lipinski definition) is 4. The third-order valence-electron chi connectivity index (χ3n) is 3.07. The molecule has 4 heteroatoms. The molecule has 0 bridgehead atoms. The number of hydrogen-bond donors (Lipinski definition) is 1. The minimum atomic E-state index is -0.0708. The summed E-state index contributed by atoms with van der Waals surface area (Å²) in [6, 6.07) is 8.40. The minimum Gasteiger partial charge on any atom is -0.320 e. The van der Waals surface area contributed by atoms with Gasteiger partial charge in [-0.25, -0.2) is 4.98 Å². The Morgan fingerprint density at radius 2 is 2.06 bits per heavy atom. The van der Waals surface area contributed by atoms with Crippen LogP contribution in [0.3, 0.4) is 0 Å². The molecular weight excluding hydrogens is 260 g/mol. The van der Waals surface area contributed by atoms with Crippen molar-refractivity contribution in [3.05, 3.63) is 50.8 Å². The molecule has 1 unspecified atom stereocenters. The molecule has 1 aromatic carbocycles. The van der Waals surface area contributed by atoms with Crippen LogP contribution in [0.4, 0.5) is 0 Å². The van der Waals surface area contributed by atoms with E-state index in [0.717, 1.165) is 10.7 Å². The number of benzene rings is 1. The monoisotopic (exact) mass is 274 g/mol. The maximum absolute atomic E-state index is 6.43. The molecule has 92 valence electrons. The van der Waals surface area contributed by atoms with Crippen LogP contribution in [-0.4, -0.2) is 4.98 Å². The van der Waals surface area contributed by atoms with Crippen molar-refractivity contribution in [2.75, 3.05) is 0 Å². The molecule has 0 radical (unpaired) electrons. The maximum Gasteiger partial charge on any atom is 0.0900 e. The van der Waals surface area contributed by atoms with Crippen molar-refractivity contribution in [1.29, 1.82) is 0 Å². The first-order chi connectivity index (χ1) is 8.66. The summed E-state index contributed by atoms with van der Waals surface area (Å²) < 4.78 is 1.29. The molecule has 2 N–H and O–H groups in total. The average molecular weight is 274 g/mol. The van der Waals surface area contributed by atoms with Gasteiger partial charge in [0.05, 0.1) is 16.7 Å². The lowest BCUT2D eigenvalue weighted by Gasteiger charge is -2.12. The summed E-state index contributed by atoms with van der Waals surface area (Å²) in [4.78, 5) is 5.64. The molecule has 2 heterocycles. The minimum absolute atomic E-state index is 0.0708. The SMILES string of the molecule is Cc1nc(C)c(C(N)c2cccc3ccsc23)s1. The molecule has 2 nitrogen and oxygen atoms in total. The second-order valence-corrected chi connectivity index (χ2v) is 6.50. The second kappa shape index (κ2) is 4.46. The van der Waals surface area contributed by atoms with Crippen LogP contribution in [0.5, 0.6) is 0 Å². The number of rotatable bonds is 2. The summed E-state index contributed by atoms with van der Waals surface area (Å²) in [7, 11) is 0. The Kier molecular flexibility index (Phi) is 2.93. The van der Waals surface area contributed by atoms with E-state index < -0.39 is 0 Å². The van der Waals surface area contributed by atoms with Gasteiger partial charge < -0.3 is 5.73 Å². The summed E-state index contributed by atoms with van der Waals surface area (Å²) in [5, 5.41) is 4.47. The molecule has 0 aliphatic carbocycles. The van der Waals surface area contributed by atoms with E-state index in [0.29, 0.717) is 0 Å². The summed E-state index contributed by atoms with van der Waals surface area (Å²) in [5.74, 6) is 0. The average Bonchev–Trinajstić information content (AvgIpc) is 2.94. The molecule has 0 amide bonds. The van der Waals surface area contributed by atoms with Crippen LogP contribution in [0.1, 0.15) is 27.2 Å². The van der Waals surface area contributed by atoms with E-state index in [1.807, 2.05) is 13.8 Å². The molecule has 0 spiro atoms. The second-order valence-electron chi connectivity index (χ2n) is 4.35. The van der Waals surface area contributed by atoms with Crippen molar-refractivity contribution < 1.29 is 0 Å². The lowest BCUT2D eigenvalue weighted by molar-refractivity contribution is 0.887. The van der Waals surface area contributed by atoms with Gasteiger partial charge in [-0.05, 0) is 36.2 Å². The molecule has 0 fully saturated rings. The van der Waals surface area contributed by atoms with E-state index in [2.05, 4.69) is 34.6 Å². The maximum atomic E-state index is 6.43. The molecular formula is C14H14N2S2. The number of thiophene rings is 1. The molecule has 0 aliphatic heterocycles. The Bertz CT molecular complexity index is 697. The van der Waals surface area contributed by atoms with Gasteiger partial charge in [-0.1, -0.05) is 18.2 Å². The van der Waals surface area contributed by atoms with Crippen molar-refractivity contribution in [3.8, 4) is 0 Å². The Morgan fingerprint density at radius 1 is 1.22 bits per heavy atom. The number of fused-ring (bicyclic) bond motifs is 1. The molecule has 18 heavy (non-hydrogen) atoms. The van der Waals surface area contributed by atoms with Crippen LogP contribution in [0.2, 0.25) is 0 Å². The van der Waals surface area contributed by atoms with Crippen molar-refractivity contribution in [3.63, 3.8) is 0 Å². The zero-order chi connectivity index (χ0) is 12.7. The molecule has 0 saturated heterocycles. The predicted octanol–water partition coefficient (Wildman–Crippen LogP) is 4.02. The lowest BCUT2D eigenvalue weighted by Crippen LogP contribution is -2.11. The standard InChI is InChI=1S/C14H14N2S2/c1-8-13(18-9(2)16-8)12(15)11-5-3-4-10-6-7-17-14(10)11/h3-7,12H,15H2,1-2H3. The number of nitrogens with two attached hydrogens (primary N) is 1. The van der Waals surface area contributed by atoms with Gasteiger partial charge in [-0.3, -0.25) is 0 Å². The largest absolute Gasteiger partial charge is 0.320 e. The van der Waals surface area contributed by atoms with Crippen molar-refractivity contribution in [2.24, 2.45) is 5.73 Å². The number of aromatic nitrogens is 1. The Balaban J connectivity index is 2.14. The third-order valence-corrected chi connectivity index (χ3v) is 5.20. The van der Waals surface area contributed by atoms with E-state index in [1.54, 1.807) is 22.7 Å². The highest BCUT2D eigenvalue weighted by Gasteiger charge is 2.17. The molecule has 3 aromatic rings. The van der Waals surface area contributed by atoms with Crippen LogP contribution in [0.25, 0.3) is 10.1 Å². The van der Waals surface area contributed by atoms with E-state index in [4.69, 9.17) is 5.73 Å². The molecule has 3 rings (SSSR count). The van der Waals surface area contributed by atoms with Gasteiger partial charge in [0.1, 0.15) is 0 Å². The number of aryl methyl sites for hydroxylation is 2. The van der Waals surface area contributed by atoms with Crippen LogP contribution in [0.15, 0.2) is 29.6 Å². The van der Waals surface area contributed by atoms with Crippen molar-refractivity contribution >= 4 is 32.8 Å². The fourth-order valence-corrected chi connectivity index (χ4v) is 4.14. The Labute approximate surface area is 114 Å². The van der Waals surface area contributed by atoms with Gasteiger partial charge in [-0.15, -0.1) is 22.7 Å². The zero-order valence-electron chi connectivity index (χ0n) is 10.3. The number of nitrogens with zero attached hydrogens (tertiary/aromatic N) is 1. The van der Waals surface area contributed by atoms with E-state index in [1.165, 1.54) is 20.5 Å². The van der Waals surface area contributed by atoms with Crippen LogP contribution >= 0.6 is 22.7 Å².